The molecule has 5 aromatic rings. The predicted octanol–water partition coefficient (Wildman–Crippen LogP) is 7.89. The Bertz CT molecular complexity index is 1740. The Labute approximate surface area is 223 Å². The summed E-state index contributed by atoms with van der Waals surface area (Å²) in [6.45, 7) is 0. The maximum absolute atomic E-state index is 14.0. The third kappa shape index (κ3) is 5.23. The van der Waals surface area contributed by atoms with Crippen molar-refractivity contribution in [2.75, 3.05) is 16.4 Å². The molecular weight excluding hydrogens is 530 g/mol. The summed E-state index contributed by atoms with van der Waals surface area (Å²) in [7, 11) is 0. The van der Waals surface area contributed by atoms with Gasteiger partial charge in [-0.25, -0.2) is 14.2 Å². The van der Waals surface area contributed by atoms with Crippen LogP contribution < -0.4 is 16.4 Å². The number of anilines is 3. The van der Waals surface area contributed by atoms with Gasteiger partial charge in [0.15, 0.2) is 0 Å². The summed E-state index contributed by atoms with van der Waals surface area (Å²) in [5.41, 5.74) is 8.84. The van der Waals surface area contributed by atoms with Gasteiger partial charge < -0.3 is 16.4 Å². The first kappa shape index (κ1) is 25.7. The molecule has 0 atom stereocenters. The van der Waals surface area contributed by atoms with E-state index < -0.39 is 29.3 Å². The highest BCUT2D eigenvalue weighted by Crippen LogP contribution is 2.42. The second kappa shape index (κ2) is 10.1. The number of fused-ring (bicyclic) bond motifs is 1. The number of rotatable bonds is 4. The smallest absolute Gasteiger partial charge is 0.383 e. The number of carbonyl (C=O) groups is 1. The second-order valence-electron chi connectivity index (χ2n) is 8.45. The molecule has 11 heteroatoms. The summed E-state index contributed by atoms with van der Waals surface area (Å²) >= 11 is 1.49. The fourth-order valence-electron chi connectivity index (χ4n) is 4.03. The van der Waals surface area contributed by atoms with Crippen molar-refractivity contribution in [1.29, 1.82) is 5.26 Å². The summed E-state index contributed by atoms with van der Waals surface area (Å²) in [5, 5.41) is 16.4. The van der Waals surface area contributed by atoms with Gasteiger partial charge in [-0.15, -0.1) is 11.3 Å². The Morgan fingerprint density at radius 1 is 0.949 bits per heavy atom. The Kier molecular flexibility index (Phi) is 6.64. The van der Waals surface area contributed by atoms with E-state index in [0.29, 0.717) is 35.3 Å². The molecule has 2 heterocycles. The predicted molar refractivity (Wildman–Crippen MR) is 144 cm³/mol. The number of nitrogens with two attached hydrogens (primary N) is 1. The standard InChI is InChI=1S/C28H17F4N5OS/c29-22-10-7-18(28(30,31)32)11-23(22)37-27(38)36-19-8-5-17(6-9-19)21-14-39-25-20(13-35-26(34)24(21)25)16-3-1-15(12-33)2-4-16/h1-11,13-14H,(H2,34,35)(H2,36,37,38). The number of alkyl halides is 3. The molecule has 39 heavy (non-hydrogen) atoms. The van der Waals surface area contributed by atoms with E-state index >= 15 is 0 Å². The number of nitrogen functional groups attached to an aromatic ring is 1. The quantitative estimate of drug-likeness (QED) is 0.199. The van der Waals surface area contributed by atoms with Crippen molar-refractivity contribution in [2.45, 2.75) is 6.18 Å². The third-order valence-corrected chi connectivity index (χ3v) is 6.96. The molecule has 6 nitrogen and oxygen atoms in total. The fraction of sp³-hybridized carbons (Fsp3) is 0.0357. The minimum atomic E-state index is -4.68. The van der Waals surface area contributed by atoms with Crippen LogP contribution in [0.2, 0.25) is 0 Å². The molecule has 0 aliphatic carbocycles. The molecule has 0 spiro atoms. The molecule has 4 N–H and O–H groups in total. The van der Waals surface area contributed by atoms with Gasteiger partial charge in [0, 0.05) is 33.1 Å². The van der Waals surface area contributed by atoms with Gasteiger partial charge in [0.1, 0.15) is 11.6 Å². The molecule has 0 aliphatic heterocycles. The molecule has 3 aromatic carbocycles. The maximum atomic E-state index is 14.0. The van der Waals surface area contributed by atoms with Gasteiger partial charge in [-0.3, -0.25) is 0 Å². The second-order valence-corrected chi connectivity index (χ2v) is 9.33. The van der Waals surface area contributed by atoms with E-state index in [1.165, 1.54) is 11.3 Å². The van der Waals surface area contributed by atoms with Gasteiger partial charge in [0.05, 0.1) is 22.9 Å². The molecule has 0 saturated heterocycles. The topological polar surface area (TPSA) is 104 Å². The van der Waals surface area contributed by atoms with Crippen LogP contribution in [0.4, 0.5) is 39.5 Å². The van der Waals surface area contributed by atoms with Crippen molar-refractivity contribution in [1.82, 2.24) is 4.98 Å². The van der Waals surface area contributed by atoms with Gasteiger partial charge in [0.25, 0.3) is 0 Å². The van der Waals surface area contributed by atoms with Crippen LogP contribution >= 0.6 is 11.3 Å². The molecule has 0 bridgehead atoms. The first-order chi connectivity index (χ1) is 18.6. The van der Waals surface area contributed by atoms with Crippen LogP contribution in [0, 0.1) is 17.1 Å². The zero-order valence-corrected chi connectivity index (χ0v) is 20.6. The number of nitrogens with zero attached hydrogens (tertiary/aromatic N) is 2. The summed E-state index contributed by atoms with van der Waals surface area (Å²) in [4.78, 5) is 16.7. The lowest BCUT2D eigenvalue weighted by molar-refractivity contribution is -0.137. The first-order valence-electron chi connectivity index (χ1n) is 11.4. The van der Waals surface area contributed by atoms with Gasteiger partial charge in [-0.05, 0) is 59.0 Å². The van der Waals surface area contributed by atoms with E-state index in [1.807, 2.05) is 17.5 Å². The highest BCUT2D eigenvalue weighted by molar-refractivity contribution is 7.18. The number of pyridine rings is 1. The van der Waals surface area contributed by atoms with E-state index in [4.69, 9.17) is 11.0 Å². The van der Waals surface area contributed by atoms with Crippen molar-refractivity contribution < 1.29 is 22.4 Å². The molecule has 2 amide bonds. The Balaban J connectivity index is 1.37. The number of aromatic nitrogens is 1. The third-order valence-electron chi connectivity index (χ3n) is 5.95. The van der Waals surface area contributed by atoms with E-state index in [9.17, 15) is 22.4 Å². The van der Waals surface area contributed by atoms with Crippen LogP contribution in [0.25, 0.3) is 32.3 Å². The summed E-state index contributed by atoms with van der Waals surface area (Å²) in [6.07, 6.45) is -2.98. The number of halogens is 4. The van der Waals surface area contributed by atoms with E-state index in [2.05, 4.69) is 21.7 Å². The minimum absolute atomic E-state index is 0.340. The number of hydrogen-bond acceptors (Lipinski definition) is 5. The molecule has 0 aliphatic rings. The van der Waals surface area contributed by atoms with Gasteiger partial charge in [0.2, 0.25) is 0 Å². The van der Waals surface area contributed by atoms with Crippen molar-refractivity contribution in [3.8, 4) is 28.3 Å². The monoisotopic (exact) mass is 547 g/mol. The average molecular weight is 548 g/mol. The number of amides is 2. The molecule has 5 rings (SSSR count). The van der Waals surface area contributed by atoms with Crippen LogP contribution in [0.3, 0.4) is 0 Å². The Morgan fingerprint density at radius 3 is 2.28 bits per heavy atom. The zero-order chi connectivity index (χ0) is 27.7. The van der Waals surface area contributed by atoms with Crippen LogP contribution in [0.15, 0.2) is 78.3 Å². The van der Waals surface area contributed by atoms with Crippen molar-refractivity contribution in [3.05, 3.63) is 95.3 Å². The number of nitriles is 1. The highest BCUT2D eigenvalue weighted by Gasteiger charge is 2.31. The zero-order valence-electron chi connectivity index (χ0n) is 19.8. The van der Waals surface area contributed by atoms with Gasteiger partial charge >= 0.3 is 12.2 Å². The highest BCUT2D eigenvalue weighted by atomic mass is 32.1. The molecule has 0 radical (unpaired) electrons. The van der Waals surface area contributed by atoms with E-state index in [-0.39, 0.29) is 0 Å². The number of benzene rings is 3. The number of hydrogen-bond donors (Lipinski definition) is 3. The van der Waals surface area contributed by atoms with Crippen LogP contribution in [0.5, 0.6) is 0 Å². The van der Waals surface area contributed by atoms with Crippen molar-refractivity contribution in [3.63, 3.8) is 0 Å². The largest absolute Gasteiger partial charge is 0.416 e. The summed E-state index contributed by atoms with van der Waals surface area (Å²) in [5.74, 6) is -0.646. The van der Waals surface area contributed by atoms with Crippen LogP contribution in [-0.2, 0) is 6.18 Å². The number of urea groups is 1. The minimum Gasteiger partial charge on any atom is -0.383 e. The summed E-state index contributed by atoms with van der Waals surface area (Å²) < 4.78 is 53.7. The lowest BCUT2D eigenvalue weighted by Gasteiger charge is -2.12. The van der Waals surface area contributed by atoms with E-state index in [1.54, 1.807) is 42.6 Å². The molecule has 0 unspecified atom stereocenters. The van der Waals surface area contributed by atoms with Crippen molar-refractivity contribution in [2.24, 2.45) is 0 Å². The van der Waals surface area contributed by atoms with Gasteiger partial charge in [-0.1, -0.05) is 24.3 Å². The Morgan fingerprint density at radius 2 is 1.62 bits per heavy atom. The van der Waals surface area contributed by atoms with E-state index in [0.717, 1.165) is 32.3 Å². The van der Waals surface area contributed by atoms with Crippen LogP contribution in [0.1, 0.15) is 11.1 Å². The number of nitrogens with one attached hydrogen (secondary N) is 2. The first-order valence-corrected chi connectivity index (χ1v) is 12.2. The average Bonchev–Trinajstić information content (AvgIpc) is 3.36. The Hall–Kier alpha value is -4.95. The maximum Gasteiger partial charge on any atom is 0.416 e. The lowest BCUT2D eigenvalue weighted by atomic mass is 10.0. The molecular formula is C28H17F4N5OS. The summed E-state index contributed by atoms with van der Waals surface area (Å²) in [6, 6.07) is 16.8. The van der Waals surface area contributed by atoms with Crippen molar-refractivity contribution >= 4 is 44.6 Å². The molecule has 2 aromatic heterocycles. The van der Waals surface area contributed by atoms with Gasteiger partial charge in [-0.2, -0.15) is 18.4 Å². The number of thiophene rings is 1. The fourth-order valence-corrected chi connectivity index (χ4v) is 5.14. The molecule has 0 fully saturated rings. The SMILES string of the molecule is N#Cc1ccc(-c2cnc(N)c3c(-c4ccc(NC(=O)Nc5cc(C(F)(F)F)ccc5F)cc4)csc23)cc1. The normalized spacial score (nSPS) is 11.3. The van der Waals surface area contributed by atoms with Crippen LogP contribution in [-0.4, -0.2) is 11.0 Å². The molecule has 194 valence electrons. The lowest BCUT2D eigenvalue weighted by Crippen LogP contribution is -2.20. The number of carbonyl (C=O) groups excluding carboxylic acids is 1. The molecule has 0 saturated carbocycles.